The minimum Gasteiger partial charge on any atom is -0.336 e. The molecule has 4 aromatic rings. The van der Waals surface area contributed by atoms with Gasteiger partial charge in [-0.05, 0) is 67.3 Å². The molecule has 0 atom stereocenters. The summed E-state index contributed by atoms with van der Waals surface area (Å²) in [6.07, 6.45) is 0. The van der Waals surface area contributed by atoms with Crippen LogP contribution in [0.1, 0.15) is 20.8 Å². The molecule has 144 valence electrons. The second-order valence-electron chi connectivity index (χ2n) is 8.33. The zero-order valence-electron chi connectivity index (χ0n) is 17.3. The average Bonchev–Trinajstić information content (AvgIpc) is 2.75. The molecule has 29 heavy (non-hydrogen) atoms. The molecule has 0 radical (unpaired) electrons. The van der Waals surface area contributed by atoms with Crippen LogP contribution in [0.3, 0.4) is 0 Å². The van der Waals surface area contributed by atoms with Crippen molar-refractivity contribution in [3.8, 4) is 22.3 Å². The topological polar surface area (TPSA) is 3.24 Å². The van der Waals surface area contributed by atoms with E-state index < -0.39 is 0 Å². The molecule has 4 aromatic carbocycles. The third-order valence-electron chi connectivity index (χ3n) is 5.14. The predicted molar refractivity (Wildman–Crippen MR) is 126 cm³/mol. The molecule has 0 aliphatic heterocycles. The molecule has 0 saturated heterocycles. The smallest absolute Gasteiger partial charge is 0.0416 e. The molecule has 0 unspecified atom stereocenters. The van der Waals surface area contributed by atoms with E-state index in [1.165, 1.54) is 33.6 Å². The van der Waals surface area contributed by atoms with E-state index in [0.717, 1.165) is 0 Å². The van der Waals surface area contributed by atoms with Crippen LogP contribution >= 0.6 is 0 Å². The fraction of sp³-hybridized carbons (Fsp3) is 0.143. The fourth-order valence-corrected chi connectivity index (χ4v) is 3.79. The van der Waals surface area contributed by atoms with E-state index in [2.05, 4.69) is 135 Å². The highest BCUT2D eigenvalue weighted by molar-refractivity contribution is 5.73. The number of hydrogen-bond donors (Lipinski definition) is 0. The molecule has 0 N–H and O–H groups in total. The summed E-state index contributed by atoms with van der Waals surface area (Å²) in [5.74, 6) is 0. The highest BCUT2D eigenvalue weighted by Gasteiger charge is 2.23. The van der Waals surface area contributed by atoms with E-state index in [-0.39, 0.29) is 5.54 Å². The van der Waals surface area contributed by atoms with Gasteiger partial charge in [-0.2, -0.15) is 0 Å². The van der Waals surface area contributed by atoms with Crippen LogP contribution in [0.2, 0.25) is 0 Å². The monoisotopic (exact) mass is 377 g/mol. The van der Waals surface area contributed by atoms with Crippen molar-refractivity contribution < 1.29 is 0 Å². The van der Waals surface area contributed by atoms with Gasteiger partial charge in [0.25, 0.3) is 0 Å². The first-order chi connectivity index (χ1) is 14.0. The van der Waals surface area contributed by atoms with Crippen molar-refractivity contribution in [3.63, 3.8) is 0 Å². The molecule has 0 spiro atoms. The van der Waals surface area contributed by atoms with Crippen LogP contribution in [0, 0.1) is 0 Å². The minimum absolute atomic E-state index is 0.0392. The molecule has 0 bridgehead atoms. The first kappa shape index (κ1) is 19.0. The summed E-state index contributed by atoms with van der Waals surface area (Å²) in [4.78, 5) is 2.40. The van der Waals surface area contributed by atoms with Crippen LogP contribution in [-0.2, 0) is 0 Å². The molecule has 0 aliphatic rings. The molecular weight excluding hydrogens is 350 g/mol. The van der Waals surface area contributed by atoms with Crippen molar-refractivity contribution >= 4 is 11.4 Å². The molecule has 0 saturated carbocycles. The van der Waals surface area contributed by atoms with Gasteiger partial charge in [0, 0.05) is 16.9 Å². The maximum atomic E-state index is 2.40. The fourth-order valence-electron chi connectivity index (χ4n) is 3.79. The lowest BCUT2D eigenvalue weighted by Gasteiger charge is -2.38. The quantitative estimate of drug-likeness (QED) is 0.349. The van der Waals surface area contributed by atoms with Gasteiger partial charge in [-0.3, -0.25) is 0 Å². The molecule has 0 heterocycles. The van der Waals surface area contributed by atoms with E-state index >= 15 is 0 Å². The van der Waals surface area contributed by atoms with Crippen molar-refractivity contribution in [3.05, 3.63) is 109 Å². The summed E-state index contributed by atoms with van der Waals surface area (Å²) in [6, 6.07) is 38.8. The molecule has 1 nitrogen and oxygen atoms in total. The van der Waals surface area contributed by atoms with Crippen LogP contribution < -0.4 is 4.90 Å². The zero-order chi connectivity index (χ0) is 20.3. The highest BCUT2D eigenvalue weighted by atomic mass is 15.2. The third kappa shape index (κ3) is 4.25. The largest absolute Gasteiger partial charge is 0.336 e. The van der Waals surface area contributed by atoms with Gasteiger partial charge in [-0.15, -0.1) is 0 Å². The molecule has 0 aromatic heterocycles. The first-order valence-electron chi connectivity index (χ1n) is 10.1. The lowest BCUT2D eigenvalue weighted by atomic mass is 9.99. The number of anilines is 2. The number of nitrogens with zero attached hydrogens (tertiary/aromatic N) is 1. The lowest BCUT2D eigenvalue weighted by molar-refractivity contribution is 0.560. The molecular formula is C28H27N. The number of hydrogen-bond acceptors (Lipinski definition) is 1. The summed E-state index contributed by atoms with van der Waals surface area (Å²) in [6.45, 7) is 6.76. The highest BCUT2D eigenvalue weighted by Crippen LogP contribution is 2.35. The summed E-state index contributed by atoms with van der Waals surface area (Å²) < 4.78 is 0. The van der Waals surface area contributed by atoms with E-state index in [9.17, 15) is 0 Å². The third-order valence-corrected chi connectivity index (χ3v) is 5.14. The van der Waals surface area contributed by atoms with Crippen LogP contribution in [0.4, 0.5) is 11.4 Å². The summed E-state index contributed by atoms with van der Waals surface area (Å²) in [5, 5.41) is 0. The predicted octanol–water partition coefficient (Wildman–Crippen LogP) is 7.96. The Morgan fingerprint density at radius 2 is 0.724 bits per heavy atom. The van der Waals surface area contributed by atoms with E-state index in [0.29, 0.717) is 0 Å². The van der Waals surface area contributed by atoms with Crippen LogP contribution in [0.25, 0.3) is 22.3 Å². The maximum Gasteiger partial charge on any atom is 0.0416 e. The maximum absolute atomic E-state index is 2.40. The SMILES string of the molecule is CC(C)(C)N(c1ccc(-c2ccccc2)cc1)c1ccc(-c2ccccc2)cc1. The van der Waals surface area contributed by atoms with Crippen molar-refractivity contribution in [1.82, 2.24) is 0 Å². The van der Waals surface area contributed by atoms with Crippen LogP contribution in [0.5, 0.6) is 0 Å². The Bertz CT molecular complexity index is 958. The summed E-state index contributed by atoms with van der Waals surface area (Å²) >= 11 is 0. The van der Waals surface area contributed by atoms with Gasteiger partial charge >= 0.3 is 0 Å². The minimum atomic E-state index is -0.0392. The van der Waals surface area contributed by atoms with Crippen molar-refractivity contribution in [1.29, 1.82) is 0 Å². The van der Waals surface area contributed by atoms with E-state index in [1.807, 2.05) is 0 Å². The standard InChI is InChI=1S/C28H27N/c1-28(2,3)29(26-18-14-24(15-19-26)22-10-6-4-7-11-22)27-20-16-25(17-21-27)23-12-8-5-9-13-23/h4-21H,1-3H3. The van der Waals surface area contributed by atoms with Crippen molar-refractivity contribution in [2.45, 2.75) is 26.3 Å². The average molecular weight is 378 g/mol. The van der Waals surface area contributed by atoms with Gasteiger partial charge in [0.15, 0.2) is 0 Å². The second-order valence-corrected chi connectivity index (χ2v) is 8.33. The Kier molecular flexibility index (Phi) is 5.22. The van der Waals surface area contributed by atoms with Gasteiger partial charge in [-0.1, -0.05) is 84.9 Å². The Morgan fingerprint density at radius 1 is 0.414 bits per heavy atom. The van der Waals surface area contributed by atoms with E-state index in [1.54, 1.807) is 0 Å². The zero-order valence-corrected chi connectivity index (χ0v) is 17.3. The molecule has 0 aliphatic carbocycles. The summed E-state index contributed by atoms with van der Waals surface area (Å²) in [7, 11) is 0. The Labute approximate surface area is 174 Å². The van der Waals surface area contributed by atoms with Gasteiger partial charge in [0.05, 0.1) is 0 Å². The normalized spacial score (nSPS) is 11.3. The first-order valence-corrected chi connectivity index (χ1v) is 10.1. The van der Waals surface area contributed by atoms with Gasteiger partial charge in [-0.25, -0.2) is 0 Å². The Hall–Kier alpha value is -3.32. The van der Waals surface area contributed by atoms with Gasteiger partial charge < -0.3 is 4.90 Å². The molecule has 1 heteroatoms. The molecule has 0 fully saturated rings. The van der Waals surface area contributed by atoms with Crippen LogP contribution in [-0.4, -0.2) is 5.54 Å². The van der Waals surface area contributed by atoms with Crippen molar-refractivity contribution in [2.24, 2.45) is 0 Å². The molecule has 4 rings (SSSR count). The Morgan fingerprint density at radius 3 is 1.03 bits per heavy atom. The van der Waals surface area contributed by atoms with Crippen molar-refractivity contribution in [2.75, 3.05) is 4.90 Å². The van der Waals surface area contributed by atoms with Crippen LogP contribution in [0.15, 0.2) is 109 Å². The number of rotatable bonds is 4. The van der Waals surface area contributed by atoms with E-state index in [4.69, 9.17) is 0 Å². The van der Waals surface area contributed by atoms with Gasteiger partial charge in [0.1, 0.15) is 0 Å². The molecule has 0 amide bonds. The number of benzene rings is 4. The second kappa shape index (κ2) is 7.97. The Balaban J connectivity index is 1.67. The van der Waals surface area contributed by atoms with Gasteiger partial charge in [0.2, 0.25) is 0 Å². The lowest BCUT2D eigenvalue weighted by Crippen LogP contribution is -2.37. The summed E-state index contributed by atoms with van der Waals surface area (Å²) in [5.41, 5.74) is 7.32.